The number of nitro groups is 1. The van der Waals surface area contributed by atoms with Crippen molar-refractivity contribution in [2.45, 2.75) is 0 Å². The first-order valence-corrected chi connectivity index (χ1v) is 6.26. The quantitative estimate of drug-likeness (QED) is 0.467. The number of nitrogens with zero attached hydrogens (tertiary/aromatic N) is 3. The number of rotatable bonds is 3. The largest absolute Gasteiger partial charge is 0.336 e. The van der Waals surface area contributed by atoms with Gasteiger partial charge in [-0.3, -0.25) is 20.8 Å². The molecule has 0 bridgehead atoms. The highest BCUT2D eigenvalue weighted by atomic mass is 16.6. The van der Waals surface area contributed by atoms with Crippen LogP contribution in [0.3, 0.4) is 0 Å². The summed E-state index contributed by atoms with van der Waals surface area (Å²) in [4.78, 5) is 26.5. The molecule has 8 nitrogen and oxygen atoms in total. The van der Waals surface area contributed by atoms with Crippen LogP contribution in [0.5, 0.6) is 0 Å². The zero-order valence-corrected chi connectivity index (χ0v) is 11.2. The van der Waals surface area contributed by atoms with Crippen molar-refractivity contribution in [2.75, 3.05) is 38.7 Å². The van der Waals surface area contributed by atoms with E-state index in [2.05, 4.69) is 10.3 Å². The van der Waals surface area contributed by atoms with Gasteiger partial charge in [-0.15, -0.1) is 0 Å². The zero-order valence-electron chi connectivity index (χ0n) is 11.2. The number of hydrazine groups is 1. The van der Waals surface area contributed by atoms with E-state index in [0.717, 1.165) is 13.1 Å². The summed E-state index contributed by atoms with van der Waals surface area (Å²) in [5, 5.41) is 11.0. The van der Waals surface area contributed by atoms with Gasteiger partial charge in [0.2, 0.25) is 0 Å². The number of nitrogens with two attached hydrogens (primary N) is 1. The van der Waals surface area contributed by atoms with E-state index < -0.39 is 4.92 Å². The fourth-order valence-electron chi connectivity index (χ4n) is 2.13. The molecule has 1 aliphatic rings. The van der Waals surface area contributed by atoms with E-state index in [4.69, 9.17) is 5.84 Å². The molecule has 1 heterocycles. The van der Waals surface area contributed by atoms with Crippen molar-refractivity contribution in [2.24, 2.45) is 5.84 Å². The molecule has 8 heteroatoms. The van der Waals surface area contributed by atoms with E-state index in [1.54, 1.807) is 11.0 Å². The van der Waals surface area contributed by atoms with E-state index in [9.17, 15) is 14.9 Å². The van der Waals surface area contributed by atoms with E-state index in [-0.39, 0.29) is 17.3 Å². The molecule has 1 aromatic rings. The summed E-state index contributed by atoms with van der Waals surface area (Å²) in [6.07, 6.45) is 0. The Balaban J connectivity index is 2.22. The van der Waals surface area contributed by atoms with E-state index in [1.165, 1.54) is 12.1 Å². The molecule has 2 rings (SSSR count). The lowest BCUT2D eigenvalue weighted by Gasteiger charge is -2.32. The highest BCUT2D eigenvalue weighted by Gasteiger charge is 2.23. The van der Waals surface area contributed by atoms with Gasteiger partial charge in [0.05, 0.1) is 4.92 Å². The number of nitrogens with one attached hydrogen (secondary N) is 1. The molecular formula is C12H17N5O3. The Labute approximate surface area is 116 Å². The number of carbonyl (C=O) groups is 1. The van der Waals surface area contributed by atoms with Gasteiger partial charge in [0.1, 0.15) is 5.69 Å². The minimum absolute atomic E-state index is 0.185. The van der Waals surface area contributed by atoms with Crippen LogP contribution in [0.1, 0.15) is 10.4 Å². The SMILES string of the molecule is CN1CCN(C(=O)c2ccc(NN)c([N+](=O)[O-])c2)CC1. The fraction of sp³-hybridized carbons (Fsp3) is 0.417. The maximum atomic E-state index is 12.3. The van der Waals surface area contributed by atoms with Crippen molar-refractivity contribution in [3.8, 4) is 0 Å². The van der Waals surface area contributed by atoms with Crippen LogP contribution in [0.25, 0.3) is 0 Å². The van der Waals surface area contributed by atoms with Crippen LogP contribution in [-0.4, -0.2) is 53.9 Å². The number of hydrogen-bond donors (Lipinski definition) is 2. The Bertz CT molecular complexity index is 526. The number of likely N-dealkylation sites (N-methyl/N-ethyl adjacent to an activating group) is 1. The number of nitro benzene ring substituents is 1. The third-order valence-corrected chi connectivity index (χ3v) is 3.39. The first kappa shape index (κ1) is 14.2. The standard InChI is InChI=1S/C12H17N5O3/c1-15-4-6-16(7-5-15)12(18)9-2-3-10(14-13)11(8-9)17(19)20/h2-3,8,14H,4-7,13H2,1H3. The summed E-state index contributed by atoms with van der Waals surface area (Å²) < 4.78 is 0. The minimum Gasteiger partial charge on any atom is -0.336 e. The highest BCUT2D eigenvalue weighted by molar-refractivity contribution is 5.95. The van der Waals surface area contributed by atoms with Crippen molar-refractivity contribution >= 4 is 17.3 Å². The molecule has 0 aromatic heterocycles. The smallest absolute Gasteiger partial charge is 0.294 e. The molecule has 3 N–H and O–H groups in total. The lowest BCUT2D eigenvalue weighted by Crippen LogP contribution is -2.47. The molecule has 0 saturated carbocycles. The molecule has 20 heavy (non-hydrogen) atoms. The zero-order chi connectivity index (χ0) is 14.7. The van der Waals surface area contributed by atoms with Crippen molar-refractivity contribution in [1.82, 2.24) is 9.80 Å². The first-order chi connectivity index (χ1) is 9.52. The Kier molecular flexibility index (Phi) is 4.16. The molecule has 0 aliphatic carbocycles. The Morgan fingerprint density at radius 1 is 1.35 bits per heavy atom. The number of nitrogen functional groups attached to an aromatic ring is 1. The normalized spacial score (nSPS) is 16.0. The summed E-state index contributed by atoms with van der Waals surface area (Å²) in [6, 6.07) is 4.25. The fourth-order valence-corrected chi connectivity index (χ4v) is 2.13. The van der Waals surface area contributed by atoms with Crippen molar-refractivity contribution in [1.29, 1.82) is 0 Å². The van der Waals surface area contributed by atoms with Crippen molar-refractivity contribution in [3.63, 3.8) is 0 Å². The molecule has 1 aliphatic heterocycles. The number of benzene rings is 1. The maximum Gasteiger partial charge on any atom is 0.294 e. The van der Waals surface area contributed by atoms with Crippen molar-refractivity contribution < 1.29 is 9.72 Å². The second-order valence-corrected chi connectivity index (χ2v) is 4.73. The van der Waals surface area contributed by atoms with Gasteiger partial charge in [-0.05, 0) is 19.2 Å². The summed E-state index contributed by atoms with van der Waals surface area (Å²) in [7, 11) is 1.99. The molecule has 108 valence electrons. The lowest BCUT2D eigenvalue weighted by molar-refractivity contribution is -0.384. The van der Waals surface area contributed by atoms with Crippen LogP contribution < -0.4 is 11.3 Å². The number of piperazine rings is 1. The first-order valence-electron chi connectivity index (χ1n) is 6.26. The summed E-state index contributed by atoms with van der Waals surface area (Å²) in [6.45, 7) is 2.85. The predicted molar refractivity (Wildman–Crippen MR) is 74.3 cm³/mol. The van der Waals surface area contributed by atoms with Gasteiger partial charge in [-0.25, -0.2) is 0 Å². The van der Waals surface area contributed by atoms with Gasteiger partial charge < -0.3 is 15.2 Å². The Morgan fingerprint density at radius 2 is 2.00 bits per heavy atom. The summed E-state index contributed by atoms with van der Waals surface area (Å²) in [5.41, 5.74) is 2.54. The highest BCUT2D eigenvalue weighted by Crippen LogP contribution is 2.25. The number of hydrogen-bond acceptors (Lipinski definition) is 6. The van der Waals surface area contributed by atoms with Gasteiger partial charge in [-0.1, -0.05) is 0 Å². The molecule has 0 atom stereocenters. The second-order valence-electron chi connectivity index (χ2n) is 4.73. The van der Waals surface area contributed by atoms with E-state index >= 15 is 0 Å². The lowest BCUT2D eigenvalue weighted by atomic mass is 10.1. The molecule has 0 unspecified atom stereocenters. The molecule has 1 aromatic carbocycles. The van der Waals surface area contributed by atoms with Crippen LogP contribution in [0, 0.1) is 10.1 Å². The van der Waals surface area contributed by atoms with Crippen LogP contribution in [0.2, 0.25) is 0 Å². The number of carbonyl (C=O) groups excluding carboxylic acids is 1. The van der Waals surface area contributed by atoms with Crippen molar-refractivity contribution in [3.05, 3.63) is 33.9 Å². The molecule has 1 saturated heterocycles. The van der Waals surface area contributed by atoms with Gasteiger partial charge in [0, 0.05) is 37.8 Å². The van der Waals surface area contributed by atoms with Gasteiger partial charge in [0.25, 0.3) is 11.6 Å². The maximum absolute atomic E-state index is 12.3. The molecule has 1 fully saturated rings. The molecule has 0 spiro atoms. The third-order valence-electron chi connectivity index (χ3n) is 3.39. The molecule has 1 amide bonds. The molecular weight excluding hydrogens is 262 g/mol. The Morgan fingerprint density at radius 3 is 2.55 bits per heavy atom. The van der Waals surface area contributed by atoms with E-state index in [0.29, 0.717) is 18.7 Å². The van der Waals surface area contributed by atoms with Crippen LogP contribution >= 0.6 is 0 Å². The molecule has 0 radical (unpaired) electrons. The third kappa shape index (κ3) is 2.86. The minimum atomic E-state index is -0.560. The van der Waals surface area contributed by atoms with Crippen LogP contribution in [-0.2, 0) is 0 Å². The van der Waals surface area contributed by atoms with Crippen LogP contribution in [0.4, 0.5) is 11.4 Å². The van der Waals surface area contributed by atoms with Gasteiger partial charge >= 0.3 is 0 Å². The summed E-state index contributed by atoms with van der Waals surface area (Å²) >= 11 is 0. The average Bonchev–Trinajstić information content (AvgIpc) is 2.46. The Hall–Kier alpha value is -2.19. The summed E-state index contributed by atoms with van der Waals surface area (Å²) in [5.74, 6) is 5.03. The topological polar surface area (TPSA) is 105 Å². The predicted octanol–water partition coefficient (Wildman–Crippen LogP) is 0.268. The van der Waals surface area contributed by atoms with E-state index in [1.807, 2.05) is 7.05 Å². The van der Waals surface area contributed by atoms with Gasteiger partial charge in [-0.2, -0.15) is 0 Å². The number of anilines is 1. The van der Waals surface area contributed by atoms with Gasteiger partial charge in [0.15, 0.2) is 0 Å². The number of amides is 1. The average molecular weight is 279 g/mol. The monoisotopic (exact) mass is 279 g/mol. The van der Waals surface area contributed by atoms with Crippen LogP contribution in [0.15, 0.2) is 18.2 Å². The second kappa shape index (κ2) is 5.85.